The molecule has 5 nitrogen and oxygen atoms in total. The number of aromatic nitrogens is 3. The number of nitrogens with zero attached hydrogens (tertiary/aromatic N) is 5. The molecule has 5 heteroatoms. The van der Waals surface area contributed by atoms with Gasteiger partial charge in [0, 0.05) is 34.9 Å². The predicted octanol–water partition coefficient (Wildman–Crippen LogP) is 11.2. The summed E-state index contributed by atoms with van der Waals surface area (Å²) in [6, 6.07) is 62.9. The number of rotatable bonds is 7. The molecule has 1 aliphatic heterocycles. The van der Waals surface area contributed by atoms with Crippen LogP contribution in [-0.4, -0.2) is 32.7 Å². The summed E-state index contributed by atoms with van der Waals surface area (Å²) < 4.78 is 0. The van der Waals surface area contributed by atoms with Gasteiger partial charge in [-0.15, -0.1) is 0 Å². The van der Waals surface area contributed by atoms with Gasteiger partial charge in [-0.3, -0.25) is 0 Å². The van der Waals surface area contributed by atoms with Gasteiger partial charge in [0.25, 0.3) is 0 Å². The van der Waals surface area contributed by atoms with Crippen LogP contribution in [0, 0.1) is 0 Å². The van der Waals surface area contributed by atoms with Crippen molar-refractivity contribution in [3.63, 3.8) is 0 Å². The van der Waals surface area contributed by atoms with Crippen LogP contribution in [-0.2, 0) is 0 Å². The molecule has 0 amide bonds. The van der Waals surface area contributed by atoms with E-state index >= 15 is 0 Å². The van der Waals surface area contributed by atoms with Crippen LogP contribution in [0.5, 0.6) is 0 Å². The summed E-state index contributed by atoms with van der Waals surface area (Å²) >= 11 is 0. The van der Waals surface area contributed by atoms with E-state index in [1.807, 2.05) is 72.8 Å². The summed E-state index contributed by atoms with van der Waals surface area (Å²) in [7, 11) is 2.13. The topological polar surface area (TPSA) is 54.3 Å². The lowest BCUT2D eigenvalue weighted by Crippen LogP contribution is -2.33. The molecule has 7 aromatic carbocycles. The maximum absolute atomic E-state index is 5.17. The summed E-state index contributed by atoms with van der Waals surface area (Å²) in [5, 5.41) is 2.29. The summed E-state index contributed by atoms with van der Waals surface area (Å²) in [5.41, 5.74) is 9.33. The monoisotopic (exact) mass is 681 g/mol. The van der Waals surface area contributed by atoms with Gasteiger partial charge in [-0.1, -0.05) is 176 Å². The van der Waals surface area contributed by atoms with Crippen molar-refractivity contribution in [1.82, 2.24) is 19.9 Å². The first-order valence-electron chi connectivity index (χ1n) is 17.8. The highest BCUT2D eigenvalue weighted by atomic mass is 15.2. The van der Waals surface area contributed by atoms with Crippen molar-refractivity contribution < 1.29 is 0 Å². The van der Waals surface area contributed by atoms with E-state index in [4.69, 9.17) is 19.9 Å². The zero-order valence-corrected chi connectivity index (χ0v) is 29.2. The first-order valence-corrected chi connectivity index (χ1v) is 17.8. The van der Waals surface area contributed by atoms with Gasteiger partial charge in [0.05, 0.1) is 11.7 Å². The van der Waals surface area contributed by atoms with E-state index in [9.17, 15) is 0 Å². The fourth-order valence-corrected chi connectivity index (χ4v) is 7.11. The van der Waals surface area contributed by atoms with E-state index in [2.05, 4.69) is 127 Å². The highest BCUT2D eigenvalue weighted by Gasteiger charge is 2.26. The average molecular weight is 682 g/mol. The van der Waals surface area contributed by atoms with Crippen molar-refractivity contribution in [3.8, 4) is 45.3 Å². The third-order valence-electron chi connectivity index (χ3n) is 9.81. The normalized spacial score (nSPS) is 14.1. The van der Waals surface area contributed by atoms with Gasteiger partial charge >= 0.3 is 0 Å². The highest BCUT2D eigenvalue weighted by Crippen LogP contribution is 2.40. The molecule has 0 bridgehead atoms. The molecule has 2 heterocycles. The fourth-order valence-electron chi connectivity index (χ4n) is 7.11. The molecule has 53 heavy (non-hydrogen) atoms. The Morgan fingerprint density at radius 1 is 0.434 bits per heavy atom. The number of aliphatic imine (C=N–C) groups is 1. The number of hydrogen-bond acceptors (Lipinski definition) is 5. The third kappa shape index (κ3) is 6.30. The Kier molecular flexibility index (Phi) is 8.43. The van der Waals surface area contributed by atoms with E-state index in [1.54, 1.807) is 0 Å². The van der Waals surface area contributed by atoms with Gasteiger partial charge in [0.1, 0.15) is 5.84 Å². The molecule has 1 aromatic heterocycles. The summed E-state index contributed by atoms with van der Waals surface area (Å²) in [4.78, 5) is 22.6. The largest absolute Gasteiger partial charge is 0.349 e. The Balaban J connectivity index is 1.18. The number of benzene rings is 7. The Labute approximate surface area is 309 Å². The fraction of sp³-hybridized carbons (Fsp3) is 0.0417. The van der Waals surface area contributed by atoms with Crippen molar-refractivity contribution in [2.24, 2.45) is 4.99 Å². The molecule has 0 aliphatic carbocycles. The minimum atomic E-state index is -0.0238. The van der Waals surface area contributed by atoms with Crippen molar-refractivity contribution >= 4 is 22.3 Å². The lowest BCUT2D eigenvalue weighted by molar-refractivity contribution is 0.435. The first kappa shape index (κ1) is 32.0. The summed E-state index contributed by atoms with van der Waals surface area (Å²) in [6.45, 7) is 0. The summed E-state index contributed by atoms with van der Waals surface area (Å²) in [5.74, 6) is 2.85. The molecule has 0 fully saturated rings. The van der Waals surface area contributed by atoms with Crippen LogP contribution >= 0.6 is 0 Å². The van der Waals surface area contributed by atoms with Crippen molar-refractivity contribution in [3.05, 3.63) is 205 Å². The van der Waals surface area contributed by atoms with Gasteiger partial charge in [0.2, 0.25) is 0 Å². The molecule has 0 radical (unpaired) electrons. The molecule has 252 valence electrons. The van der Waals surface area contributed by atoms with Gasteiger partial charge in [-0.05, 0) is 39.6 Å². The Morgan fingerprint density at radius 2 is 0.943 bits per heavy atom. The Morgan fingerprint density at radius 3 is 1.55 bits per heavy atom. The van der Waals surface area contributed by atoms with Crippen LogP contribution in [0.4, 0.5) is 0 Å². The van der Waals surface area contributed by atoms with Crippen LogP contribution in [0.2, 0.25) is 0 Å². The molecule has 1 atom stereocenters. The maximum atomic E-state index is 5.17. The molecule has 0 spiro atoms. The second kappa shape index (κ2) is 14.0. The minimum absolute atomic E-state index is 0.0238. The molecule has 9 rings (SSSR count). The van der Waals surface area contributed by atoms with Crippen LogP contribution in [0.1, 0.15) is 22.7 Å². The minimum Gasteiger partial charge on any atom is -0.349 e. The molecule has 1 unspecified atom stereocenters. The second-order valence-corrected chi connectivity index (χ2v) is 13.1. The van der Waals surface area contributed by atoms with Gasteiger partial charge < -0.3 is 4.90 Å². The number of likely N-dealkylation sites (N-methyl/N-ethyl adjacent to an activating group) is 1. The zero-order chi connectivity index (χ0) is 35.6. The third-order valence-corrected chi connectivity index (χ3v) is 9.81. The first-order chi connectivity index (χ1) is 26.2. The SMILES string of the molecule is CN1C(c2ccccc2)=NC(c2ccccc2)=CC1c1ccc(-c2c(-c3nc(-c4ccccc4)nc(-c4ccccc4)n3)ccc3ccccc23)cc1. The van der Waals surface area contributed by atoms with Crippen molar-refractivity contribution in [1.29, 1.82) is 0 Å². The molecule has 0 N–H and O–H groups in total. The van der Waals surface area contributed by atoms with Crippen molar-refractivity contribution in [2.45, 2.75) is 6.04 Å². The van der Waals surface area contributed by atoms with E-state index in [0.717, 1.165) is 61.2 Å². The zero-order valence-electron chi connectivity index (χ0n) is 29.2. The van der Waals surface area contributed by atoms with E-state index in [0.29, 0.717) is 17.5 Å². The van der Waals surface area contributed by atoms with Crippen LogP contribution in [0.3, 0.4) is 0 Å². The number of fused-ring (bicyclic) bond motifs is 1. The van der Waals surface area contributed by atoms with Gasteiger partial charge in [-0.25, -0.2) is 19.9 Å². The lowest BCUT2D eigenvalue weighted by atomic mass is 9.91. The number of hydrogen-bond donors (Lipinski definition) is 0. The predicted molar refractivity (Wildman–Crippen MR) is 217 cm³/mol. The van der Waals surface area contributed by atoms with E-state index in [1.165, 1.54) is 5.56 Å². The molecule has 8 aromatic rings. The van der Waals surface area contributed by atoms with E-state index < -0.39 is 0 Å². The molecule has 0 saturated heterocycles. The standard InChI is InChI=1S/C48H35N5/c1-53-43(32-42(34-17-6-2-7-18-34)49-48(53)39-23-12-5-13-24-39)35-26-28-36(29-27-35)44-40-25-15-14-16-33(40)30-31-41(44)47-51-45(37-19-8-3-9-20-37)50-46(52-47)38-21-10-4-11-22-38/h2-32,43H,1H3. The van der Waals surface area contributed by atoms with E-state index in [-0.39, 0.29) is 6.04 Å². The Hall–Kier alpha value is -6.98. The Bertz CT molecular complexity index is 2540. The van der Waals surface area contributed by atoms with Crippen LogP contribution in [0.25, 0.3) is 61.8 Å². The van der Waals surface area contributed by atoms with Gasteiger partial charge in [-0.2, -0.15) is 0 Å². The average Bonchev–Trinajstić information content (AvgIpc) is 3.24. The van der Waals surface area contributed by atoms with Gasteiger partial charge in [0.15, 0.2) is 17.5 Å². The van der Waals surface area contributed by atoms with Crippen molar-refractivity contribution in [2.75, 3.05) is 7.05 Å². The molecule has 0 saturated carbocycles. The molecular formula is C48H35N5. The maximum Gasteiger partial charge on any atom is 0.164 e. The quantitative estimate of drug-likeness (QED) is 0.168. The van der Waals surface area contributed by atoms with Crippen LogP contribution in [0.15, 0.2) is 193 Å². The second-order valence-electron chi connectivity index (χ2n) is 13.1. The smallest absolute Gasteiger partial charge is 0.164 e. The number of amidine groups is 1. The lowest BCUT2D eigenvalue weighted by Gasteiger charge is -2.33. The summed E-state index contributed by atoms with van der Waals surface area (Å²) in [6.07, 6.45) is 2.27. The highest BCUT2D eigenvalue weighted by molar-refractivity contribution is 6.04. The van der Waals surface area contributed by atoms with Crippen LogP contribution < -0.4 is 0 Å². The molecular weight excluding hydrogens is 647 g/mol. The molecule has 1 aliphatic rings.